The van der Waals surface area contributed by atoms with Crippen LogP contribution in [0.15, 0.2) is 28.8 Å². The van der Waals surface area contributed by atoms with Crippen molar-refractivity contribution in [2.24, 2.45) is 0 Å². The van der Waals surface area contributed by atoms with Crippen LogP contribution in [0, 0.1) is 0 Å². The van der Waals surface area contributed by atoms with Crippen molar-refractivity contribution in [3.05, 3.63) is 41.6 Å². The summed E-state index contributed by atoms with van der Waals surface area (Å²) in [6, 6.07) is 5.13. The van der Waals surface area contributed by atoms with Gasteiger partial charge in [0.25, 0.3) is 5.91 Å². The van der Waals surface area contributed by atoms with E-state index in [-0.39, 0.29) is 30.6 Å². The molecule has 1 unspecified atom stereocenters. The van der Waals surface area contributed by atoms with Gasteiger partial charge in [0.2, 0.25) is 18.6 Å². The number of likely N-dealkylation sites (tertiary alicyclic amines) is 1. The van der Waals surface area contributed by atoms with Gasteiger partial charge in [-0.3, -0.25) is 9.59 Å². The molecule has 0 bridgehead atoms. The largest absolute Gasteiger partial charge is 0.454 e. The normalized spacial score (nSPS) is 17.8. The zero-order valence-corrected chi connectivity index (χ0v) is 16.9. The Kier molecular flexibility index (Phi) is 5.17. The third-order valence-electron chi connectivity index (χ3n) is 5.36. The molecule has 8 nitrogen and oxygen atoms in total. The van der Waals surface area contributed by atoms with Crippen molar-refractivity contribution in [1.29, 1.82) is 0 Å². The summed E-state index contributed by atoms with van der Waals surface area (Å²) in [6.07, 6.45) is 2.43. The number of ether oxygens (including phenoxy) is 2. The van der Waals surface area contributed by atoms with E-state index in [1.165, 1.54) is 6.92 Å². The van der Waals surface area contributed by atoms with Gasteiger partial charge in [-0.1, -0.05) is 13.8 Å². The second-order valence-corrected chi connectivity index (χ2v) is 7.72. The minimum atomic E-state index is -0.0764. The fourth-order valence-electron chi connectivity index (χ4n) is 3.70. The Morgan fingerprint density at radius 3 is 2.79 bits per heavy atom. The molecule has 0 spiro atoms. The monoisotopic (exact) mass is 399 g/mol. The van der Waals surface area contributed by atoms with Crippen molar-refractivity contribution in [3.8, 4) is 11.5 Å². The van der Waals surface area contributed by atoms with E-state index in [1.807, 2.05) is 13.8 Å². The number of fused-ring (bicyclic) bond motifs is 1. The van der Waals surface area contributed by atoms with Gasteiger partial charge in [0.15, 0.2) is 11.5 Å². The van der Waals surface area contributed by atoms with Crippen molar-refractivity contribution in [3.63, 3.8) is 0 Å². The molecule has 1 aromatic heterocycles. The highest BCUT2D eigenvalue weighted by Gasteiger charge is 2.33. The molecule has 0 aliphatic carbocycles. The number of hydrogen-bond acceptors (Lipinski definition) is 6. The van der Waals surface area contributed by atoms with Gasteiger partial charge in [-0.2, -0.15) is 0 Å². The van der Waals surface area contributed by atoms with Crippen molar-refractivity contribution in [1.82, 2.24) is 14.8 Å². The van der Waals surface area contributed by atoms with Crippen LogP contribution in [0.3, 0.4) is 0 Å². The van der Waals surface area contributed by atoms with Crippen LogP contribution in [0.1, 0.15) is 55.1 Å². The molecule has 0 saturated carbocycles. The highest BCUT2D eigenvalue weighted by Crippen LogP contribution is 2.33. The topological polar surface area (TPSA) is 85.1 Å². The fourth-order valence-corrected chi connectivity index (χ4v) is 3.70. The van der Waals surface area contributed by atoms with Crippen molar-refractivity contribution >= 4 is 11.8 Å². The summed E-state index contributed by atoms with van der Waals surface area (Å²) in [4.78, 5) is 33.0. The number of nitrogens with zero attached hydrogens (tertiary/aromatic N) is 3. The number of rotatable bonds is 5. The maximum atomic E-state index is 12.9. The summed E-state index contributed by atoms with van der Waals surface area (Å²) in [5.74, 6) is 2.66. The standard InChI is InChI=1S/C21H25N3O5/c1-13(2)19-9-22-20(29-19)11-24(14(3)25)16-6-7-23(10-16)21(26)15-4-5-17-18(8-15)28-12-27-17/h4-5,8-9,13,16H,6-7,10-12H2,1-3H3. The highest BCUT2D eigenvalue weighted by atomic mass is 16.7. The van der Waals surface area contributed by atoms with E-state index in [4.69, 9.17) is 13.9 Å². The molecular formula is C21H25N3O5. The summed E-state index contributed by atoms with van der Waals surface area (Å²) in [7, 11) is 0. The molecule has 8 heteroatoms. The molecule has 1 aromatic carbocycles. The summed E-state index contributed by atoms with van der Waals surface area (Å²) < 4.78 is 16.4. The van der Waals surface area contributed by atoms with E-state index < -0.39 is 0 Å². The number of amides is 2. The number of hydrogen-bond donors (Lipinski definition) is 0. The van der Waals surface area contributed by atoms with Crippen LogP contribution in [0.2, 0.25) is 0 Å². The lowest BCUT2D eigenvalue weighted by molar-refractivity contribution is -0.132. The average molecular weight is 399 g/mol. The van der Waals surface area contributed by atoms with Gasteiger partial charge < -0.3 is 23.7 Å². The minimum Gasteiger partial charge on any atom is -0.454 e. The first-order valence-electron chi connectivity index (χ1n) is 9.83. The molecule has 1 atom stereocenters. The average Bonchev–Trinajstić information content (AvgIpc) is 3.44. The van der Waals surface area contributed by atoms with E-state index in [0.29, 0.717) is 49.0 Å². The molecule has 4 rings (SSSR count). The Bertz CT molecular complexity index is 923. The minimum absolute atomic E-state index is 0.0586. The van der Waals surface area contributed by atoms with Crippen LogP contribution in [-0.4, -0.2) is 52.5 Å². The molecule has 1 fully saturated rings. The van der Waals surface area contributed by atoms with Crippen molar-refractivity contribution in [2.75, 3.05) is 19.9 Å². The molecule has 1 saturated heterocycles. The molecule has 2 aliphatic heterocycles. The second kappa shape index (κ2) is 7.77. The molecule has 3 heterocycles. The summed E-state index contributed by atoms with van der Waals surface area (Å²) in [5.41, 5.74) is 0.554. The third kappa shape index (κ3) is 3.92. The SMILES string of the molecule is CC(=O)N(Cc1ncc(C(C)C)o1)C1CCN(C(=O)c2ccc3c(c2)OCO3)C1. The van der Waals surface area contributed by atoms with E-state index in [9.17, 15) is 9.59 Å². The molecular weight excluding hydrogens is 374 g/mol. The number of carbonyl (C=O) groups is 2. The molecule has 2 amide bonds. The lowest BCUT2D eigenvalue weighted by Crippen LogP contribution is -2.41. The number of carbonyl (C=O) groups excluding carboxylic acids is 2. The molecule has 2 aromatic rings. The smallest absolute Gasteiger partial charge is 0.254 e. The van der Waals surface area contributed by atoms with E-state index >= 15 is 0 Å². The van der Waals surface area contributed by atoms with Crippen molar-refractivity contribution in [2.45, 2.75) is 45.7 Å². The van der Waals surface area contributed by atoms with Crippen LogP contribution < -0.4 is 9.47 Å². The van der Waals surface area contributed by atoms with Gasteiger partial charge >= 0.3 is 0 Å². The van der Waals surface area contributed by atoms with E-state index in [0.717, 1.165) is 5.76 Å². The Balaban J connectivity index is 1.43. The lowest BCUT2D eigenvalue weighted by Gasteiger charge is -2.27. The van der Waals surface area contributed by atoms with E-state index in [1.54, 1.807) is 34.2 Å². The Morgan fingerprint density at radius 2 is 2.07 bits per heavy atom. The van der Waals surface area contributed by atoms with Gasteiger partial charge in [0, 0.05) is 31.5 Å². The van der Waals surface area contributed by atoms with Crippen LogP contribution in [0.4, 0.5) is 0 Å². The van der Waals surface area contributed by atoms with Crippen LogP contribution in [0.5, 0.6) is 11.5 Å². The number of oxazole rings is 1. The van der Waals surface area contributed by atoms with Crippen LogP contribution in [-0.2, 0) is 11.3 Å². The van der Waals surface area contributed by atoms with Gasteiger partial charge in [-0.15, -0.1) is 0 Å². The van der Waals surface area contributed by atoms with Gasteiger partial charge in [-0.05, 0) is 24.6 Å². The predicted molar refractivity (Wildman–Crippen MR) is 104 cm³/mol. The maximum absolute atomic E-state index is 12.9. The first kappa shape index (κ1) is 19.3. The molecule has 0 radical (unpaired) electrons. The van der Waals surface area contributed by atoms with Gasteiger partial charge in [0.1, 0.15) is 5.76 Å². The lowest BCUT2D eigenvalue weighted by atomic mass is 10.2. The Labute approximate surface area is 169 Å². The summed E-state index contributed by atoms with van der Waals surface area (Å²) in [5, 5.41) is 0. The zero-order chi connectivity index (χ0) is 20.5. The van der Waals surface area contributed by atoms with Gasteiger partial charge in [-0.25, -0.2) is 4.98 Å². The first-order valence-corrected chi connectivity index (χ1v) is 9.83. The quantitative estimate of drug-likeness (QED) is 0.769. The van der Waals surface area contributed by atoms with Crippen LogP contribution in [0.25, 0.3) is 0 Å². The summed E-state index contributed by atoms with van der Waals surface area (Å²) >= 11 is 0. The first-order chi connectivity index (χ1) is 13.9. The van der Waals surface area contributed by atoms with Crippen LogP contribution >= 0.6 is 0 Å². The third-order valence-corrected chi connectivity index (χ3v) is 5.36. The fraction of sp³-hybridized carbons (Fsp3) is 0.476. The zero-order valence-electron chi connectivity index (χ0n) is 16.9. The molecule has 154 valence electrons. The van der Waals surface area contributed by atoms with E-state index in [2.05, 4.69) is 4.98 Å². The Hall–Kier alpha value is -3.03. The summed E-state index contributed by atoms with van der Waals surface area (Å²) in [6.45, 7) is 7.14. The predicted octanol–water partition coefficient (Wildman–Crippen LogP) is 2.79. The number of aromatic nitrogens is 1. The molecule has 29 heavy (non-hydrogen) atoms. The van der Waals surface area contributed by atoms with Crippen molar-refractivity contribution < 1.29 is 23.5 Å². The number of benzene rings is 1. The Morgan fingerprint density at radius 1 is 1.28 bits per heavy atom. The highest BCUT2D eigenvalue weighted by molar-refractivity contribution is 5.95. The molecule has 0 N–H and O–H groups in total. The second-order valence-electron chi connectivity index (χ2n) is 7.72. The maximum Gasteiger partial charge on any atom is 0.254 e. The van der Waals surface area contributed by atoms with Gasteiger partial charge in [0.05, 0.1) is 18.8 Å². The molecule has 2 aliphatic rings.